The van der Waals surface area contributed by atoms with Crippen molar-refractivity contribution in [3.63, 3.8) is 0 Å². The summed E-state index contributed by atoms with van der Waals surface area (Å²) in [6.45, 7) is 10.5. The van der Waals surface area contributed by atoms with Crippen LogP contribution in [0.1, 0.15) is 44.2 Å². The first-order valence-corrected chi connectivity index (χ1v) is 8.29. The Morgan fingerprint density at radius 3 is 2.35 bits per heavy atom. The Balaban J connectivity index is 1.63. The van der Waals surface area contributed by atoms with Gasteiger partial charge in [0.25, 0.3) is 0 Å². The number of hydrogen-bond acceptors (Lipinski definition) is 2. The molecule has 0 spiro atoms. The van der Waals surface area contributed by atoms with E-state index in [0.29, 0.717) is 0 Å². The fourth-order valence-corrected chi connectivity index (χ4v) is 3.00. The standard InChI is InChI=1S/C18H30N2/c1-3-17-7-9-18(10-8-17)14-19-13-16(2)15-20-11-5-4-6-12-20/h7-10,16,19H,3-6,11-15H2,1-2H3. The molecule has 2 nitrogen and oxygen atoms in total. The fraction of sp³-hybridized carbons (Fsp3) is 0.667. The summed E-state index contributed by atoms with van der Waals surface area (Å²) in [5, 5.41) is 3.60. The number of benzene rings is 1. The van der Waals surface area contributed by atoms with Crippen LogP contribution in [-0.4, -0.2) is 31.1 Å². The first kappa shape index (κ1) is 15.5. The van der Waals surface area contributed by atoms with Crippen molar-refractivity contribution in [2.75, 3.05) is 26.2 Å². The molecule has 1 fully saturated rings. The average molecular weight is 274 g/mol. The molecule has 0 saturated carbocycles. The van der Waals surface area contributed by atoms with Crippen molar-refractivity contribution in [1.29, 1.82) is 0 Å². The van der Waals surface area contributed by atoms with E-state index in [0.717, 1.165) is 25.4 Å². The molecule has 112 valence electrons. The van der Waals surface area contributed by atoms with Gasteiger partial charge in [-0.05, 0) is 55.9 Å². The van der Waals surface area contributed by atoms with Gasteiger partial charge in [-0.1, -0.05) is 44.5 Å². The Kier molecular flexibility index (Phi) is 6.55. The highest BCUT2D eigenvalue weighted by Gasteiger charge is 2.12. The molecule has 0 bridgehead atoms. The molecule has 2 heteroatoms. The number of likely N-dealkylation sites (tertiary alicyclic amines) is 1. The Hall–Kier alpha value is -0.860. The van der Waals surface area contributed by atoms with E-state index in [1.165, 1.54) is 50.0 Å². The third-order valence-corrected chi connectivity index (χ3v) is 4.27. The van der Waals surface area contributed by atoms with Crippen molar-refractivity contribution in [3.8, 4) is 0 Å². The van der Waals surface area contributed by atoms with Gasteiger partial charge in [0.05, 0.1) is 0 Å². The molecule has 1 saturated heterocycles. The maximum absolute atomic E-state index is 3.60. The van der Waals surface area contributed by atoms with Crippen LogP contribution in [-0.2, 0) is 13.0 Å². The third kappa shape index (κ3) is 5.26. The van der Waals surface area contributed by atoms with Crippen molar-refractivity contribution >= 4 is 0 Å². The van der Waals surface area contributed by atoms with Crippen LogP contribution in [0.5, 0.6) is 0 Å². The fourth-order valence-electron chi connectivity index (χ4n) is 3.00. The van der Waals surface area contributed by atoms with Crippen molar-refractivity contribution in [2.24, 2.45) is 5.92 Å². The highest BCUT2D eigenvalue weighted by atomic mass is 15.1. The van der Waals surface area contributed by atoms with Gasteiger partial charge in [-0.25, -0.2) is 0 Å². The maximum atomic E-state index is 3.60. The van der Waals surface area contributed by atoms with E-state index in [4.69, 9.17) is 0 Å². The van der Waals surface area contributed by atoms with E-state index in [-0.39, 0.29) is 0 Å². The molecule has 1 unspecified atom stereocenters. The number of hydrogen-bond donors (Lipinski definition) is 1. The average Bonchev–Trinajstić information content (AvgIpc) is 2.49. The molecule has 1 atom stereocenters. The van der Waals surface area contributed by atoms with Crippen LogP contribution in [0.4, 0.5) is 0 Å². The van der Waals surface area contributed by atoms with Crippen LogP contribution in [0, 0.1) is 5.92 Å². The Morgan fingerprint density at radius 2 is 1.70 bits per heavy atom. The van der Waals surface area contributed by atoms with Gasteiger partial charge in [-0.15, -0.1) is 0 Å². The molecule has 20 heavy (non-hydrogen) atoms. The second-order valence-electron chi connectivity index (χ2n) is 6.27. The van der Waals surface area contributed by atoms with Gasteiger partial charge in [-0.2, -0.15) is 0 Å². The highest BCUT2D eigenvalue weighted by Crippen LogP contribution is 2.11. The van der Waals surface area contributed by atoms with Crippen LogP contribution in [0.3, 0.4) is 0 Å². The van der Waals surface area contributed by atoms with Crippen LogP contribution < -0.4 is 5.32 Å². The number of nitrogens with one attached hydrogen (secondary N) is 1. The topological polar surface area (TPSA) is 15.3 Å². The summed E-state index contributed by atoms with van der Waals surface area (Å²) in [6, 6.07) is 8.99. The van der Waals surface area contributed by atoms with Crippen LogP contribution in [0.2, 0.25) is 0 Å². The van der Waals surface area contributed by atoms with E-state index in [1.54, 1.807) is 0 Å². The van der Waals surface area contributed by atoms with Gasteiger partial charge < -0.3 is 10.2 Å². The zero-order valence-corrected chi connectivity index (χ0v) is 13.2. The molecule has 2 rings (SSSR count). The van der Waals surface area contributed by atoms with Crippen molar-refractivity contribution in [1.82, 2.24) is 10.2 Å². The summed E-state index contributed by atoms with van der Waals surface area (Å²) in [5.41, 5.74) is 2.82. The second kappa shape index (κ2) is 8.43. The predicted molar refractivity (Wildman–Crippen MR) is 87.0 cm³/mol. The molecule has 0 radical (unpaired) electrons. The molecule has 1 aromatic rings. The summed E-state index contributed by atoms with van der Waals surface area (Å²) in [7, 11) is 0. The normalized spacial score (nSPS) is 18.1. The lowest BCUT2D eigenvalue weighted by Gasteiger charge is -2.29. The lowest BCUT2D eigenvalue weighted by molar-refractivity contribution is 0.199. The van der Waals surface area contributed by atoms with E-state index >= 15 is 0 Å². The first-order valence-electron chi connectivity index (χ1n) is 8.29. The van der Waals surface area contributed by atoms with Crippen LogP contribution in [0.15, 0.2) is 24.3 Å². The monoisotopic (exact) mass is 274 g/mol. The molecular weight excluding hydrogens is 244 g/mol. The molecule has 0 aliphatic carbocycles. The number of nitrogens with zero attached hydrogens (tertiary/aromatic N) is 1. The Morgan fingerprint density at radius 1 is 1.05 bits per heavy atom. The highest BCUT2D eigenvalue weighted by molar-refractivity contribution is 5.22. The van der Waals surface area contributed by atoms with Gasteiger partial charge in [0.1, 0.15) is 0 Å². The van der Waals surface area contributed by atoms with Gasteiger partial charge in [-0.3, -0.25) is 0 Å². The van der Waals surface area contributed by atoms with E-state index < -0.39 is 0 Å². The summed E-state index contributed by atoms with van der Waals surface area (Å²) >= 11 is 0. The number of rotatable bonds is 7. The predicted octanol–water partition coefficient (Wildman–Crippen LogP) is 3.46. The minimum atomic E-state index is 0.739. The maximum Gasteiger partial charge on any atom is 0.0205 e. The van der Waals surface area contributed by atoms with Gasteiger partial charge in [0, 0.05) is 13.1 Å². The lowest BCUT2D eigenvalue weighted by Crippen LogP contribution is -2.36. The van der Waals surface area contributed by atoms with E-state index in [9.17, 15) is 0 Å². The smallest absolute Gasteiger partial charge is 0.0205 e. The largest absolute Gasteiger partial charge is 0.312 e. The molecule has 1 aliphatic heterocycles. The van der Waals surface area contributed by atoms with Crippen molar-refractivity contribution in [2.45, 2.75) is 46.1 Å². The number of aryl methyl sites for hydroxylation is 1. The van der Waals surface area contributed by atoms with Gasteiger partial charge >= 0.3 is 0 Å². The Bertz CT molecular complexity index is 366. The summed E-state index contributed by atoms with van der Waals surface area (Å²) in [6.07, 6.45) is 5.34. The number of piperidine rings is 1. The van der Waals surface area contributed by atoms with Gasteiger partial charge in [0.2, 0.25) is 0 Å². The lowest BCUT2D eigenvalue weighted by atomic mass is 10.1. The molecular formula is C18H30N2. The SMILES string of the molecule is CCc1ccc(CNCC(C)CN2CCCCC2)cc1. The van der Waals surface area contributed by atoms with E-state index in [1.807, 2.05) is 0 Å². The minimum Gasteiger partial charge on any atom is -0.312 e. The molecule has 1 aliphatic rings. The van der Waals surface area contributed by atoms with Crippen LogP contribution >= 0.6 is 0 Å². The molecule has 1 aromatic carbocycles. The van der Waals surface area contributed by atoms with Crippen molar-refractivity contribution in [3.05, 3.63) is 35.4 Å². The minimum absolute atomic E-state index is 0.739. The van der Waals surface area contributed by atoms with Crippen LogP contribution in [0.25, 0.3) is 0 Å². The zero-order valence-electron chi connectivity index (χ0n) is 13.2. The summed E-state index contributed by atoms with van der Waals surface area (Å²) < 4.78 is 0. The molecule has 0 amide bonds. The quantitative estimate of drug-likeness (QED) is 0.819. The van der Waals surface area contributed by atoms with Crippen molar-refractivity contribution < 1.29 is 0 Å². The Labute approximate surface area is 124 Å². The van der Waals surface area contributed by atoms with Gasteiger partial charge in [0.15, 0.2) is 0 Å². The summed E-state index contributed by atoms with van der Waals surface area (Å²) in [4.78, 5) is 2.63. The molecule has 1 heterocycles. The second-order valence-corrected chi connectivity index (χ2v) is 6.27. The molecule has 0 aromatic heterocycles. The summed E-state index contributed by atoms with van der Waals surface area (Å²) in [5.74, 6) is 0.739. The molecule has 1 N–H and O–H groups in total. The first-order chi connectivity index (χ1) is 9.78. The zero-order chi connectivity index (χ0) is 14.2. The van der Waals surface area contributed by atoms with E-state index in [2.05, 4.69) is 48.3 Å². The third-order valence-electron chi connectivity index (χ3n) is 4.27.